The second-order valence-electron chi connectivity index (χ2n) is 14.2. The number of hydrogen-bond donors (Lipinski definition) is 1. The first-order valence-electron chi connectivity index (χ1n) is 16.9. The van der Waals surface area contributed by atoms with Crippen molar-refractivity contribution in [3.05, 3.63) is 99.2 Å². The summed E-state index contributed by atoms with van der Waals surface area (Å²) in [6.07, 6.45) is -2.81. The Balaban J connectivity index is 1.52. The van der Waals surface area contributed by atoms with Crippen molar-refractivity contribution in [1.29, 1.82) is 0 Å². The Labute approximate surface area is 313 Å². The number of sulfone groups is 1. The maximum absolute atomic E-state index is 14.5. The number of hydrogen-bond acceptors (Lipinski definition) is 7. The second-order valence-corrected chi connectivity index (χ2v) is 16.8. The Kier molecular flexibility index (Phi) is 10.5. The van der Waals surface area contributed by atoms with Gasteiger partial charge in [0.1, 0.15) is 22.9 Å². The molecule has 3 heterocycles. The minimum atomic E-state index is -4.72. The zero-order chi connectivity index (χ0) is 39.3. The summed E-state index contributed by atoms with van der Waals surface area (Å²) in [5, 5.41) is 19.1. The molecule has 1 aliphatic rings. The van der Waals surface area contributed by atoms with Gasteiger partial charge in [-0.2, -0.15) is 23.4 Å². The number of rotatable bonds is 11. The van der Waals surface area contributed by atoms with Gasteiger partial charge in [-0.05, 0) is 81.0 Å². The van der Waals surface area contributed by atoms with Gasteiger partial charge >= 0.3 is 6.18 Å². The molecule has 3 aromatic heterocycles. The zero-order valence-electron chi connectivity index (χ0n) is 29.6. The number of aliphatic hydroxyl groups is 1. The summed E-state index contributed by atoms with van der Waals surface area (Å²) in [4.78, 5) is 18.8. The van der Waals surface area contributed by atoms with Crippen LogP contribution in [0.2, 0.25) is 5.02 Å². The van der Waals surface area contributed by atoms with E-state index < -0.39 is 62.9 Å². The number of halogens is 6. The van der Waals surface area contributed by atoms with E-state index in [1.807, 2.05) is 0 Å². The van der Waals surface area contributed by atoms with Gasteiger partial charge in [0.25, 0.3) is 0 Å². The van der Waals surface area contributed by atoms with Crippen LogP contribution >= 0.6 is 11.6 Å². The molecule has 6 rings (SSSR count). The van der Waals surface area contributed by atoms with Gasteiger partial charge in [-0.1, -0.05) is 23.6 Å². The minimum Gasteiger partial charge on any atom is -0.378 e. The highest BCUT2D eigenvalue weighted by Gasteiger charge is 2.38. The van der Waals surface area contributed by atoms with E-state index in [4.69, 9.17) is 16.6 Å². The highest BCUT2D eigenvalue weighted by Crippen LogP contribution is 2.43. The van der Waals surface area contributed by atoms with E-state index in [-0.39, 0.29) is 46.4 Å². The Hall–Kier alpha value is -4.65. The Morgan fingerprint density at radius 2 is 1.70 bits per heavy atom. The van der Waals surface area contributed by atoms with E-state index in [0.717, 1.165) is 29.1 Å². The zero-order valence-corrected chi connectivity index (χ0v) is 31.2. The lowest BCUT2D eigenvalue weighted by Gasteiger charge is -2.21. The van der Waals surface area contributed by atoms with Crippen LogP contribution in [-0.4, -0.2) is 55.7 Å². The number of benzene rings is 2. The third-order valence-corrected chi connectivity index (χ3v) is 9.92. The summed E-state index contributed by atoms with van der Waals surface area (Å²) < 4.78 is 97.2. The molecule has 54 heavy (non-hydrogen) atoms. The Morgan fingerprint density at radius 3 is 2.31 bits per heavy atom. The van der Waals surface area contributed by atoms with Crippen molar-refractivity contribution >= 4 is 38.1 Å². The van der Waals surface area contributed by atoms with Crippen molar-refractivity contribution in [1.82, 2.24) is 24.5 Å². The number of nitrogens with zero attached hydrogens (tertiary/aromatic N) is 5. The lowest BCUT2D eigenvalue weighted by molar-refractivity contribution is -0.141. The molecule has 0 saturated heterocycles. The Morgan fingerprint density at radius 1 is 1.04 bits per heavy atom. The van der Waals surface area contributed by atoms with E-state index in [0.29, 0.717) is 46.6 Å². The molecular formula is C38H35ClF5N5O4S. The van der Waals surface area contributed by atoms with E-state index in [1.54, 1.807) is 31.3 Å². The SMILES string of the molecule is Cn1nc(CS(C)(=O)=O)c2c(Cl)ccc(-c3ccc(C#CC(C)(C)O)nc3[C@@H](CC(=O)Cn3nc(C(F)(F)F)cc3C3CC3)Cc3cc(F)cc(F)c3)c21. The smallest absolute Gasteiger partial charge is 0.378 e. The first-order valence-corrected chi connectivity index (χ1v) is 19.3. The topological polar surface area (TPSA) is 120 Å². The largest absolute Gasteiger partial charge is 0.435 e. The van der Waals surface area contributed by atoms with Gasteiger partial charge in [0.05, 0.1) is 34.2 Å². The van der Waals surface area contributed by atoms with Crippen LogP contribution < -0.4 is 0 Å². The highest BCUT2D eigenvalue weighted by molar-refractivity contribution is 7.89. The molecule has 9 nitrogen and oxygen atoms in total. The number of carbonyl (C=O) groups is 1. The van der Waals surface area contributed by atoms with E-state index >= 15 is 0 Å². The predicted octanol–water partition coefficient (Wildman–Crippen LogP) is 7.31. The van der Waals surface area contributed by atoms with Crippen molar-refractivity contribution < 1.29 is 40.3 Å². The van der Waals surface area contributed by atoms with Crippen LogP contribution in [0, 0.1) is 23.5 Å². The third kappa shape index (κ3) is 9.17. The fraction of sp³-hybridized carbons (Fsp3) is 0.368. The van der Waals surface area contributed by atoms with Gasteiger partial charge in [-0.25, -0.2) is 22.2 Å². The average Bonchev–Trinajstić information content (AvgIpc) is 3.71. The van der Waals surface area contributed by atoms with Crippen molar-refractivity contribution in [2.45, 2.75) is 75.4 Å². The lowest BCUT2D eigenvalue weighted by atomic mass is 9.86. The molecule has 1 N–H and O–H groups in total. The van der Waals surface area contributed by atoms with Gasteiger partial charge in [0, 0.05) is 59.8 Å². The monoisotopic (exact) mass is 787 g/mol. The number of Topliss-reactive ketones (excluding diaryl/α,β-unsaturated/α-hetero) is 1. The van der Waals surface area contributed by atoms with Crippen LogP contribution in [0.5, 0.6) is 0 Å². The quantitative estimate of drug-likeness (QED) is 0.110. The van der Waals surface area contributed by atoms with E-state index in [9.17, 15) is 40.3 Å². The van der Waals surface area contributed by atoms with Gasteiger partial charge in [-0.15, -0.1) is 0 Å². The molecule has 0 amide bonds. The first-order chi connectivity index (χ1) is 25.1. The maximum Gasteiger partial charge on any atom is 0.435 e. The summed E-state index contributed by atoms with van der Waals surface area (Å²) in [5.41, 5.74) is -0.0625. The first kappa shape index (κ1) is 39.1. The summed E-state index contributed by atoms with van der Waals surface area (Å²) in [6.45, 7) is 2.46. The van der Waals surface area contributed by atoms with E-state index in [2.05, 4.69) is 22.0 Å². The maximum atomic E-state index is 14.5. The van der Waals surface area contributed by atoms with Gasteiger partial charge in [-0.3, -0.25) is 14.2 Å². The molecule has 2 aromatic carbocycles. The van der Waals surface area contributed by atoms with Gasteiger partial charge in [0.15, 0.2) is 21.3 Å². The fourth-order valence-corrected chi connectivity index (χ4v) is 7.48. The predicted molar refractivity (Wildman–Crippen MR) is 192 cm³/mol. The second kappa shape index (κ2) is 14.5. The summed E-state index contributed by atoms with van der Waals surface area (Å²) in [6, 6.07) is 10.4. The molecule has 16 heteroatoms. The number of fused-ring (bicyclic) bond motifs is 1. The molecule has 0 bridgehead atoms. The van der Waals surface area contributed by atoms with Crippen LogP contribution in [0.3, 0.4) is 0 Å². The molecule has 1 saturated carbocycles. The molecule has 1 atom stereocenters. The highest BCUT2D eigenvalue weighted by atomic mass is 35.5. The number of pyridine rings is 1. The van der Waals surface area contributed by atoms with Crippen molar-refractivity contribution in [3.8, 4) is 23.0 Å². The van der Waals surface area contributed by atoms with Crippen LogP contribution in [0.1, 0.15) is 79.0 Å². The minimum absolute atomic E-state index is 0.132. The van der Waals surface area contributed by atoms with Crippen LogP contribution in [0.25, 0.3) is 22.0 Å². The van der Waals surface area contributed by atoms with Gasteiger partial charge in [0.2, 0.25) is 0 Å². The number of alkyl halides is 3. The number of carbonyl (C=O) groups excluding carboxylic acids is 1. The molecule has 284 valence electrons. The van der Waals surface area contributed by atoms with Crippen LogP contribution in [0.15, 0.2) is 48.5 Å². The molecule has 1 aliphatic carbocycles. The molecule has 1 fully saturated rings. The molecule has 0 spiro atoms. The van der Waals surface area contributed by atoms with Crippen molar-refractivity contribution in [3.63, 3.8) is 0 Å². The summed E-state index contributed by atoms with van der Waals surface area (Å²) >= 11 is 6.63. The summed E-state index contributed by atoms with van der Waals surface area (Å²) in [5.74, 6) is 1.79. The molecule has 0 radical (unpaired) electrons. The van der Waals surface area contributed by atoms with Crippen molar-refractivity contribution in [2.24, 2.45) is 7.05 Å². The molecule has 5 aromatic rings. The standard InChI is InChI=1S/C38H35ClF5N5O4S/c1-37(2,51)12-11-26-7-8-28(29-9-10-30(39)34-31(20-54(4,52)53)46-48(3)36(29)34)35(45-26)23(13-21-14-24(40)17-25(41)15-21)16-27(50)19-49-32(22-5-6-22)18-33(47-49)38(42,43)44/h7-10,14-15,17-18,22-23,51H,5-6,13,16,19-20H2,1-4H3/t23-/m1/s1. The molecule has 0 unspecified atom stereocenters. The number of ketones is 1. The molecular weight excluding hydrogens is 753 g/mol. The molecule has 0 aliphatic heterocycles. The lowest BCUT2D eigenvalue weighted by Crippen LogP contribution is -2.19. The third-order valence-electron chi connectivity index (χ3n) is 8.81. The van der Waals surface area contributed by atoms with Gasteiger partial charge < -0.3 is 5.11 Å². The number of aryl methyl sites for hydroxylation is 1. The summed E-state index contributed by atoms with van der Waals surface area (Å²) in [7, 11) is -1.93. The average molecular weight is 788 g/mol. The van der Waals surface area contributed by atoms with E-state index in [1.165, 1.54) is 18.5 Å². The van der Waals surface area contributed by atoms with Crippen LogP contribution in [0.4, 0.5) is 22.0 Å². The normalized spacial score (nSPS) is 14.3. The van der Waals surface area contributed by atoms with Crippen LogP contribution in [-0.2, 0) is 46.6 Å². The van der Waals surface area contributed by atoms with Crippen molar-refractivity contribution in [2.75, 3.05) is 6.26 Å². The number of aromatic nitrogens is 5. The fourth-order valence-electron chi connectivity index (χ4n) is 6.51. The Bertz CT molecular complexity index is 2440.